The van der Waals surface area contributed by atoms with Crippen LogP contribution in [0.15, 0.2) is 52.8 Å². The van der Waals surface area contributed by atoms with Crippen molar-refractivity contribution in [1.29, 1.82) is 0 Å². The van der Waals surface area contributed by atoms with Gasteiger partial charge in [0.05, 0.1) is 0 Å². The second-order valence-corrected chi connectivity index (χ2v) is 6.03. The van der Waals surface area contributed by atoms with Crippen molar-refractivity contribution in [3.05, 3.63) is 64.2 Å². The quantitative estimate of drug-likeness (QED) is 0.862. The molecule has 1 N–H and O–H groups in total. The number of halogens is 1. The van der Waals surface area contributed by atoms with Crippen LogP contribution in [0.4, 0.5) is 0 Å². The fourth-order valence-electron chi connectivity index (χ4n) is 2.05. The van der Waals surface area contributed by atoms with E-state index in [0.29, 0.717) is 0 Å². The number of amides is 1. The van der Waals surface area contributed by atoms with Crippen LogP contribution in [0.2, 0.25) is 0 Å². The summed E-state index contributed by atoms with van der Waals surface area (Å²) in [5.41, 5.74) is 1.95. The average Bonchev–Trinajstić information content (AvgIpc) is 2.82. The van der Waals surface area contributed by atoms with Crippen molar-refractivity contribution in [3.8, 4) is 0 Å². The number of carbonyl (C=O) groups excluding carboxylic acids is 1. The lowest BCUT2D eigenvalue weighted by Gasteiger charge is -2.18. The topological polar surface area (TPSA) is 46.9 Å². The molecule has 0 aliphatic carbocycles. The van der Waals surface area contributed by atoms with E-state index in [-0.39, 0.29) is 11.9 Å². The molecule has 110 valence electrons. The Balaban J connectivity index is 2.35. The molecule has 1 atom stereocenters. The van der Waals surface area contributed by atoms with Gasteiger partial charge in [-0.05, 0) is 31.5 Å². The summed E-state index contributed by atoms with van der Waals surface area (Å²) in [6.07, 6.45) is 5.19. The van der Waals surface area contributed by atoms with Gasteiger partial charge in [0.1, 0.15) is 11.9 Å². The second kappa shape index (κ2) is 6.72. The molecule has 5 heteroatoms. The minimum Gasteiger partial charge on any atom is -0.339 e. The fourth-order valence-corrected chi connectivity index (χ4v) is 2.32. The molecule has 21 heavy (non-hydrogen) atoms. The first-order valence-corrected chi connectivity index (χ1v) is 7.45. The molecule has 0 fully saturated rings. The maximum atomic E-state index is 12.1. The molecule has 0 bridgehead atoms. The van der Waals surface area contributed by atoms with Crippen LogP contribution in [0.5, 0.6) is 0 Å². The third-order valence-corrected chi connectivity index (χ3v) is 3.56. The van der Waals surface area contributed by atoms with Gasteiger partial charge in [0.2, 0.25) is 5.91 Å². The van der Waals surface area contributed by atoms with Crippen molar-refractivity contribution in [2.24, 2.45) is 7.05 Å². The number of hydrogen-bond donors (Lipinski definition) is 1. The minimum atomic E-state index is -0.277. The number of nitrogens with zero attached hydrogens (tertiary/aromatic N) is 2. The molecule has 4 nitrogen and oxygen atoms in total. The smallest absolute Gasteiger partial charge is 0.244 e. The third-order valence-electron chi connectivity index (χ3n) is 3.03. The monoisotopic (exact) mass is 347 g/mol. The van der Waals surface area contributed by atoms with Gasteiger partial charge < -0.3 is 9.88 Å². The minimum absolute atomic E-state index is 0.120. The van der Waals surface area contributed by atoms with Gasteiger partial charge in [-0.3, -0.25) is 4.79 Å². The largest absolute Gasteiger partial charge is 0.339 e. The fraction of sp³-hybridized carbons (Fsp3) is 0.250. The maximum Gasteiger partial charge on any atom is 0.244 e. The van der Waals surface area contributed by atoms with Crippen LogP contribution < -0.4 is 5.32 Å². The number of imidazole rings is 1. The van der Waals surface area contributed by atoms with E-state index in [2.05, 4.69) is 26.2 Å². The zero-order valence-corrected chi connectivity index (χ0v) is 13.9. The van der Waals surface area contributed by atoms with Crippen LogP contribution in [-0.2, 0) is 11.8 Å². The van der Waals surface area contributed by atoms with E-state index >= 15 is 0 Å². The summed E-state index contributed by atoms with van der Waals surface area (Å²) in [5.74, 6) is 0.679. The molecular weight excluding hydrogens is 330 g/mol. The number of allylic oxidation sites excluding steroid dienone is 1. The molecule has 0 saturated carbocycles. The molecule has 0 spiro atoms. The summed E-state index contributed by atoms with van der Waals surface area (Å²) in [5, 5.41) is 3.01. The number of rotatable bonds is 4. The predicted octanol–water partition coefficient (Wildman–Crippen LogP) is 3.35. The van der Waals surface area contributed by atoms with Crippen LogP contribution in [0.1, 0.15) is 31.3 Å². The number of nitrogens with one attached hydrogen (secondary N) is 1. The van der Waals surface area contributed by atoms with Crippen LogP contribution in [0.3, 0.4) is 0 Å². The van der Waals surface area contributed by atoms with E-state index in [1.807, 2.05) is 55.9 Å². The SMILES string of the molecule is CC(C)=CC(=O)NC(c1ccc(Br)cc1)c1nccn1C. The highest BCUT2D eigenvalue weighted by atomic mass is 79.9. The zero-order chi connectivity index (χ0) is 15.4. The Hall–Kier alpha value is -1.88. The molecule has 2 aromatic rings. The Morgan fingerprint density at radius 3 is 2.52 bits per heavy atom. The molecule has 1 amide bonds. The Morgan fingerprint density at radius 1 is 1.33 bits per heavy atom. The van der Waals surface area contributed by atoms with Crippen molar-refractivity contribution in [2.75, 3.05) is 0 Å². The van der Waals surface area contributed by atoms with Crippen LogP contribution in [0, 0.1) is 0 Å². The highest BCUT2D eigenvalue weighted by Gasteiger charge is 2.19. The molecule has 0 radical (unpaired) electrons. The lowest BCUT2D eigenvalue weighted by atomic mass is 10.1. The first-order chi connectivity index (χ1) is 9.97. The standard InChI is InChI=1S/C16H18BrN3O/c1-11(2)10-14(21)19-15(16-18-8-9-20(16)3)12-4-6-13(17)7-5-12/h4-10,15H,1-3H3,(H,19,21). The van der Waals surface area contributed by atoms with Crippen LogP contribution >= 0.6 is 15.9 Å². The number of benzene rings is 1. The van der Waals surface area contributed by atoms with Gasteiger partial charge in [0, 0.05) is 30.0 Å². The molecule has 1 aromatic carbocycles. The normalized spacial score (nSPS) is 11.8. The first kappa shape index (κ1) is 15.5. The lowest BCUT2D eigenvalue weighted by Crippen LogP contribution is -2.29. The number of carbonyl (C=O) groups is 1. The van der Waals surface area contributed by atoms with Crippen molar-refractivity contribution in [2.45, 2.75) is 19.9 Å². The highest BCUT2D eigenvalue weighted by Crippen LogP contribution is 2.22. The summed E-state index contributed by atoms with van der Waals surface area (Å²) in [6.45, 7) is 3.80. The van der Waals surface area contributed by atoms with Gasteiger partial charge in [0.25, 0.3) is 0 Å². The Kier molecular flexibility index (Phi) is 4.96. The van der Waals surface area contributed by atoms with Gasteiger partial charge in [0.15, 0.2) is 0 Å². The van der Waals surface area contributed by atoms with Gasteiger partial charge in [-0.15, -0.1) is 0 Å². The molecule has 1 heterocycles. The molecule has 1 aromatic heterocycles. The average molecular weight is 348 g/mol. The molecule has 0 aliphatic heterocycles. The summed E-state index contributed by atoms with van der Waals surface area (Å²) >= 11 is 3.42. The molecule has 0 saturated heterocycles. The number of hydrogen-bond acceptors (Lipinski definition) is 2. The summed E-state index contributed by atoms with van der Waals surface area (Å²) in [6, 6.07) is 7.59. The van der Waals surface area contributed by atoms with Gasteiger partial charge in [-0.2, -0.15) is 0 Å². The van der Waals surface area contributed by atoms with Crippen LogP contribution in [0.25, 0.3) is 0 Å². The van der Waals surface area contributed by atoms with Gasteiger partial charge in [-0.25, -0.2) is 4.98 Å². The molecule has 1 unspecified atom stereocenters. The maximum absolute atomic E-state index is 12.1. The molecule has 2 rings (SSSR count). The number of aromatic nitrogens is 2. The Labute approximate surface area is 133 Å². The summed E-state index contributed by atoms with van der Waals surface area (Å²) in [4.78, 5) is 16.4. The first-order valence-electron chi connectivity index (χ1n) is 6.65. The third kappa shape index (κ3) is 4.04. The highest BCUT2D eigenvalue weighted by molar-refractivity contribution is 9.10. The summed E-state index contributed by atoms with van der Waals surface area (Å²) in [7, 11) is 1.92. The second-order valence-electron chi connectivity index (χ2n) is 5.11. The zero-order valence-electron chi connectivity index (χ0n) is 12.3. The van der Waals surface area contributed by atoms with Crippen LogP contribution in [-0.4, -0.2) is 15.5 Å². The predicted molar refractivity (Wildman–Crippen MR) is 86.8 cm³/mol. The van der Waals surface area contributed by atoms with E-state index < -0.39 is 0 Å². The van der Waals surface area contributed by atoms with E-state index in [0.717, 1.165) is 21.4 Å². The van der Waals surface area contributed by atoms with Gasteiger partial charge >= 0.3 is 0 Å². The molecular formula is C16H18BrN3O. The van der Waals surface area contributed by atoms with E-state index in [9.17, 15) is 4.79 Å². The van der Waals surface area contributed by atoms with E-state index in [1.165, 1.54) is 0 Å². The Morgan fingerprint density at radius 2 is 2.00 bits per heavy atom. The molecule has 0 aliphatic rings. The van der Waals surface area contributed by atoms with E-state index in [1.54, 1.807) is 12.3 Å². The summed E-state index contributed by atoms with van der Waals surface area (Å²) < 4.78 is 2.91. The Bertz CT molecular complexity index is 654. The van der Waals surface area contributed by atoms with Crippen molar-refractivity contribution >= 4 is 21.8 Å². The van der Waals surface area contributed by atoms with Crippen molar-refractivity contribution in [1.82, 2.24) is 14.9 Å². The van der Waals surface area contributed by atoms with E-state index in [4.69, 9.17) is 0 Å². The van der Waals surface area contributed by atoms with Crippen molar-refractivity contribution in [3.63, 3.8) is 0 Å². The van der Waals surface area contributed by atoms with Gasteiger partial charge in [-0.1, -0.05) is 33.6 Å². The lowest BCUT2D eigenvalue weighted by molar-refractivity contribution is -0.117. The number of aryl methyl sites for hydroxylation is 1. The van der Waals surface area contributed by atoms with Crippen molar-refractivity contribution < 1.29 is 4.79 Å².